The summed E-state index contributed by atoms with van der Waals surface area (Å²) in [7, 11) is 6.33. The van der Waals surface area contributed by atoms with Crippen LogP contribution in [0.4, 0.5) is 0 Å². The second-order valence-electron chi connectivity index (χ2n) is 7.44. The topological polar surface area (TPSA) is 75.1 Å². The standard InChI is InChI=1S/C24H27N3O5/c1-29-20-10-9-16(13-22(20)31-3)19-14-17-15-26(11-6-12-27(17)25-19)24(28)18-7-5-8-21(30-2)23(18)32-4/h5,7-10,13-14H,6,11-12,15H2,1-4H3. The van der Waals surface area contributed by atoms with Gasteiger partial charge in [-0.1, -0.05) is 6.07 Å². The molecule has 1 aromatic heterocycles. The minimum atomic E-state index is -0.0944. The molecular weight excluding hydrogens is 410 g/mol. The number of benzene rings is 2. The monoisotopic (exact) mass is 437 g/mol. The Morgan fingerprint density at radius 3 is 2.38 bits per heavy atom. The van der Waals surface area contributed by atoms with E-state index < -0.39 is 0 Å². The predicted octanol–water partition coefficient (Wildman–Crippen LogP) is 3.63. The quantitative estimate of drug-likeness (QED) is 0.586. The van der Waals surface area contributed by atoms with E-state index in [1.54, 1.807) is 46.6 Å². The fraction of sp³-hybridized carbons (Fsp3) is 0.333. The number of nitrogens with zero attached hydrogens (tertiary/aromatic N) is 3. The number of amides is 1. The van der Waals surface area contributed by atoms with Crippen molar-refractivity contribution in [3.63, 3.8) is 0 Å². The molecular formula is C24H27N3O5. The third kappa shape index (κ3) is 3.95. The number of carbonyl (C=O) groups excluding carboxylic acids is 1. The van der Waals surface area contributed by atoms with Gasteiger partial charge >= 0.3 is 0 Å². The second-order valence-corrected chi connectivity index (χ2v) is 7.44. The van der Waals surface area contributed by atoms with Crippen molar-refractivity contribution in [2.45, 2.75) is 19.5 Å². The van der Waals surface area contributed by atoms with Crippen molar-refractivity contribution in [3.05, 3.63) is 53.7 Å². The van der Waals surface area contributed by atoms with Crippen LogP contribution in [0.3, 0.4) is 0 Å². The SMILES string of the molecule is COc1ccc(-c2cc3n(n2)CCCN(C(=O)c2cccc(OC)c2OC)C3)cc1OC. The van der Waals surface area contributed by atoms with Crippen LogP contribution in [-0.4, -0.2) is 55.6 Å². The Labute approximate surface area is 187 Å². The van der Waals surface area contributed by atoms with E-state index in [0.717, 1.165) is 29.9 Å². The van der Waals surface area contributed by atoms with Crippen LogP contribution in [0.1, 0.15) is 22.5 Å². The van der Waals surface area contributed by atoms with Gasteiger partial charge in [-0.2, -0.15) is 5.10 Å². The summed E-state index contributed by atoms with van der Waals surface area (Å²) in [5, 5.41) is 4.78. The average Bonchev–Trinajstić information content (AvgIpc) is 3.13. The van der Waals surface area contributed by atoms with Crippen molar-refractivity contribution in [1.82, 2.24) is 14.7 Å². The first kappa shape index (κ1) is 21.5. The first-order chi connectivity index (χ1) is 15.6. The average molecular weight is 437 g/mol. The minimum Gasteiger partial charge on any atom is -0.493 e. The van der Waals surface area contributed by atoms with E-state index in [4.69, 9.17) is 24.0 Å². The lowest BCUT2D eigenvalue weighted by molar-refractivity contribution is 0.0741. The molecule has 0 saturated carbocycles. The van der Waals surface area contributed by atoms with Gasteiger partial charge in [0.05, 0.1) is 51.9 Å². The predicted molar refractivity (Wildman–Crippen MR) is 120 cm³/mol. The van der Waals surface area contributed by atoms with E-state index in [0.29, 0.717) is 41.7 Å². The Hall–Kier alpha value is -3.68. The van der Waals surface area contributed by atoms with Crippen LogP contribution in [-0.2, 0) is 13.1 Å². The lowest BCUT2D eigenvalue weighted by Crippen LogP contribution is -2.31. The molecule has 2 heterocycles. The van der Waals surface area contributed by atoms with Crippen molar-refractivity contribution in [1.29, 1.82) is 0 Å². The van der Waals surface area contributed by atoms with E-state index in [9.17, 15) is 4.79 Å². The van der Waals surface area contributed by atoms with E-state index in [2.05, 4.69) is 0 Å². The normalized spacial score (nSPS) is 13.2. The highest BCUT2D eigenvalue weighted by Crippen LogP contribution is 2.34. The first-order valence-electron chi connectivity index (χ1n) is 10.4. The van der Waals surface area contributed by atoms with Gasteiger partial charge in [0.1, 0.15) is 0 Å². The van der Waals surface area contributed by atoms with Crippen molar-refractivity contribution in [3.8, 4) is 34.3 Å². The number of aryl methyl sites for hydroxylation is 1. The molecule has 3 aromatic rings. The molecule has 0 bridgehead atoms. The molecule has 0 N–H and O–H groups in total. The fourth-order valence-corrected chi connectivity index (χ4v) is 4.00. The summed E-state index contributed by atoms with van der Waals surface area (Å²) in [6.07, 6.45) is 0.804. The molecule has 1 aliphatic rings. The van der Waals surface area contributed by atoms with Crippen molar-refractivity contribution >= 4 is 5.91 Å². The number of methoxy groups -OCH3 is 4. The van der Waals surface area contributed by atoms with E-state index in [-0.39, 0.29) is 5.91 Å². The molecule has 8 nitrogen and oxygen atoms in total. The van der Waals surface area contributed by atoms with Crippen molar-refractivity contribution in [2.24, 2.45) is 0 Å². The molecule has 8 heteroatoms. The van der Waals surface area contributed by atoms with Gasteiger partial charge < -0.3 is 23.8 Å². The smallest absolute Gasteiger partial charge is 0.258 e. The molecule has 0 aliphatic carbocycles. The number of hydrogen-bond acceptors (Lipinski definition) is 6. The highest BCUT2D eigenvalue weighted by Gasteiger charge is 2.25. The van der Waals surface area contributed by atoms with Gasteiger partial charge in [0.25, 0.3) is 5.91 Å². The molecule has 0 unspecified atom stereocenters. The summed E-state index contributed by atoms with van der Waals surface area (Å²) in [5.41, 5.74) is 3.22. The number of para-hydroxylation sites is 1. The van der Waals surface area contributed by atoms with Crippen LogP contribution in [0, 0.1) is 0 Å². The maximum atomic E-state index is 13.4. The molecule has 168 valence electrons. The van der Waals surface area contributed by atoms with Crippen molar-refractivity contribution < 1.29 is 23.7 Å². The van der Waals surface area contributed by atoms with E-state index in [1.165, 1.54) is 0 Å². The zero-order chi connectivity index (χ0) is 22.7. The van der Waals surface area contributed by atoms with Gasteiger partial charge in [0.15, 0.2) is 23.0 Å². The molecule has 4 rings (SSSR count). The van der Waals surface area contributed by atoms with Crippen LogP contribution < -0.4 is 18.9 Å². The summed E-state index contributed by atoms with van der Waals surface area (Å²) in [5.74, 6) is 2.21. The number of fused-ring (bicyclic) bond motifs is 1. The minimum absolute atomic E-state index is 0.0944. The molecule has 0 saturated heterocycles. The van der Waals surface area contributed by atoms with Gasteiger partial charge in [0, 0.05) is 18.7 Å². The molecule has 1 amide bonds. The van der Waals surface area contributed by atoms with Gasteiger partial charge in [-0.05, 0) is 42.8 Å². The number of aromatic nitrogens is 2. The van der Waals surface area contributed by atoms with Crippen LogP contribution in [0.5, 0.6) is 23.0 Å². The van der Waals surface area contributed by atoms with Crippen LogP contribution in [0.25, 0.3) is 11.3 Å². The van der Waals surface area contributed by atoms with Gasteiger partial charge in [0.2, 0.25) is 0 Å². The lowest BCUT2D eigenvalue weighted by Gasteiger charge is -2.22. The third-order valence-electron chi connectivity index (χ3n) is 5.61. The molecule has 0 fully saturated rings. The lowest BCUT2D eigenvalue weighted by atomic mass is 10.1. The Kier molecular flexibility index (Phi) is 6.20. The summed E-state index contributed by atoms with van der Waals surface area (Å²) >= 11 is 0. The zero-order valence-electron chi connectivity index (χ0n) is 18.8. The van der Waals surface area contributed by atoms with Crippen LogP contribution in [0.15, 0.2) is 42.5 Å². The molecule has 0 spiro atoms. The van der Waals surface area contributed by atoms with Gasteiger partial charge in [-0.15, -0.1) is 0 Å². The third-order valence-corrected chi connectivity index (χ3v) is 5.61. The van der Waals surface area contributed by atoms with Crippen molar-refractivity contribution in [2.75, 3.05) is 35.0 Å². The summed E-state index contributed by atoms with van der Waals surface area (Å²) < 4.78 is 23.6. The zero-order valence-corrected chi connectivity index (χ0v) is 18.8. The molecule has 0 radical (unpaired) electrons. The molecule has 1 aliphatic heterocycles. The first-order valence-corrected chi connectivity index (χ1v) is 10.4. The fourth-order valence-electron chi connectivity index (χ4n) is 4.00. The van der Waals surface area contributed by atoms with E-state index in [1.807, 2.05) is 33.8 Å². The maximum absolute atomic E-state index is 13.4. The summed E-state index contributed by atoms with van der Waals surface area (Å²) in [6, 6.07) is 13.1. The number of hydrogen-bond donors (Lipinski definition) is 0. The molecule has 2 aromatic carbocycles. The van der Waals surface area contributed by atoms with Gasteiger partial charge in [-0.25, -0.2) is 0 Å². The number of carbonyl (C=O) groups is 1. The summed E-state index contributed by atoms with van der Waals surface area (Å²) in [4.78, 5) is 15.2. The molecule has 32 heavy (non-hydrogen) atoms. The maximum Gasteiger partial charge on any atom is 0.258 e. The Bertz CT molecular complexity index is 1120. The highest BCUT2D eigenvalue weighted by molar-refractivity contribution is 5.97. The van der Waals surface area contributed by atoms with Crippen LogP contribution >= 0.6 is 0 Å². The van der Waals surface area contributed by atoms with E-state index >= 15 is 0 Å². The Morgan fingerprint density at radius 2 is 1.66 bits per heavy atom. The number of ether oxygens (including phenoxy) is 4. The highest BCUT2D eigenvalue weighted by atomic mass is 16.5. The number of rotatable bonds is 6. The largest absolute Gasteiger partial charge is 0.493 e. The van der Waals surface area contributed by atoms with Gasteiger partial charge in [-0.3, -0.25) is 9.48 Å². The second kappa shape index (κ2) is 9.21. The Balaban J connectivity index is 1.62. The van der Waals surface area contributed by atoms with Crippen LogP contribution in [0.2, 0.25) is 0 Å². The summed E-state index contributed by atoms with van der Waals surface area (Å²) in [6.45, 7) is 1.83. The molecule has 0 atom stereocenters. The Morgan fingerprint density at radius 1 is 0.875 bits per heavy atom.